The van der Waals surface area contributed by atoms with Crippen molar-refractivity contribution >= 4 is 17.3 Å². The first-order valence-electron chi connectivity index (χ1n) is 8.37. The number of amides is 1. The first-order valence-corrected chi connectivity index (χ1v) is 8.37. The van der Waals surface area contributed by atoms with Gasteiger partial charge in [0.2, 0.25) is 0 Å². The summed E-state index contributed by atoms with van der Waals surface area (Å²) in [4.78, 5) is 23.3. The van der Waals surface area contributed by atoms with Gasteiger partial charge in [-0.25, -0.2) is 0 Å². The molecule has 0 bridgehead atoms. The van der Waals surface area contributed by atoms with Gasteiger partial charge in [-0.15, -0.1) is 0 Å². The number of rotatable bonds is 6. The Morgan fingerprint density at radius 3 is 2.59 bits per heavy atom. The molecular weight excluding hydrogens is 356 g/mol. The summed E-state index contributed by atoms with van der Waals surface area (Å²) >= 11 is 0. The molecule has 2 aromatic rings. The van der Waals surface area contributed by atoms with Gasteiger partial charge >= 0.3 is 0 Å². The molecule has 1 N–H and O–H groups in total. The maximum atomic E-state index is 12.6. The van der Waals surface area contributed by atoms with E-state index in [1.807, 2.05) is 0 Å². The number of nitro groups is 1. The van der Waals surface area contributed by atoms with Crippen molar-refractivity contribution in [2.24, 2.45) is 0 Å². The van der Waals surface area contributed by atoms with Gasteiger partial charge in [0.1, 0.15) is 5.56 Å². The molecule has 0 spiro atoms. The number of carbonyl (C=O) groups excluding carboxylic acids is 1. The van der Waals surface area contributed by atoms with Crippen LogP contribution in [0.3, 0.4) is 0 Å². The van der Waals surface area contributed by atoms with Crippen molar-refractivity contribution in [3.8, 4) is 11.5 Å². The number of benzene rings is 1. The molecule has 1 aliphatic rings. The number of nitrogens with zero attached hydrogens (tertiary/aromatic N) is 3. The van der Waals surface area contributed by atoms with Crippen LogP contribution in [0.25, 0.3) is 0 Å². The van der Waals surface area contributed by atoms with Crippen LogP contribution in [0.4, 0.5) is 11.4 Å². The molecule has 1 aromatic carbocycles. The van der Waals surface area contributed by atoms with Crippen LogP contribution < -0.4 is 14.8 Å². The minimum Gasteiger partial charge on any atom is -0.493 e. The molecule has 27 heavy (non-hydrogen) atoms. The summed E-state index contributed by atoms with van der Waals surface area (Å²) in [6, 6.07) is 2.66. The Labute approximate surface area is 155 Å². The van der Waals surface area contributed by atoms with E-state index in [-0.39, 0.29) is 28.8 Å². The first-order chi connectivity index (χ1) is 13.0. The van der Waals surface area contributed by atoms with Crippen molar-refractivity contribution < 1.29 is 23.9 Å². The predicted molar refractivity (Wildman–Crippen MR) is 95.5 cm³/mol. The average molecular weight is 376 g/mol. The second-order valence-electron chi connectivity index (χ2n) is 5.99. The molecule has 0 unspecified atom stereocenters. The zero-order valence-corrected chi connectivity index (χ0v) is 15.0. The van der Waals surface area contributed by atoms with Crippen LogP contribution in [-0.4, -0.2) is 48.0 Å². The van der Waals surface area contributed by atoms with Gasteiger partial charge in [-0.1, -0.05) is 0 Å². The lowest BCUT2D eigenvalue weighted by atomic mass is 10.1. The Kier molecular flexibility index (Phi) is 5.55. The van der Waals surface area contributed by atoms with E-state index in [0.29, 0.717) is 18.9 Å². The topological polar surface area (TPSA) is 118 Å². The number of hydrogen-bond acceptors (Lipinski definition) is 7. The summed E-state index contributed by atoms with van der Waals surface area (Å²) in [5.74, 6) is -0.228. The van der Waals surface area contributed by atoms with Gasteiger partial charge in [0.05, 0.1) is 43.1 Å². The normalized spacial score (nSPS) is 14.6. The lowest BCUT2D eigenvalue weighted by Crippen LogP contribution is -2.20. The fraction of sp³-hybridized carbons (Fsp3) is 0.412. The van der Waals surface area contributed by atoms with Gasteiger partial charge in [0.15, 0.2) is 11.5 Å². The quantitative estimate of drug-likeness (QED) is 0.607. The van der Waals surface area contributed by atoms with Gasteiger partial charge in [-0.05, 0) is 12.8 Å². The first kappa shape index (κ1) is 18.6. The highest BCUT2D eigenvalue weighted by Gasteiger charge is 2.25. The number of hydrogen-bond donors (Lipinski definition) is 1. The van der Waals surface area contributed by atoms with Gasteiger partial charge in [-0.3, -0.25) is 19.6 Å². The van der Waals surface area contributed by atoms with Crippen LogP contribution in [0.15, 0.2) is 24.5 Å². The average Bonchev–Trinajstić information content (AvgIpc) is 3.15. The fourth-order valence-electron chi connectivity index (χ4n) is 2.95. The molecule has 1 amide bonds. The van der Waals surface area contributed by atoms with E-state index >= 15 is 0 Å². The predicted octanol–water partition coefficient (Wildman–Crippen LogP) is 2.41. The highest BCUT2D eigenvalue weighted by atomic mass is 16.6. The summed E-state index contributed by atoms with van der Waals surface area (Å²) in [5, 5.41) is 18.3. The van der Waals surface area contributed by atoms with Gasteiger partial charge in [0.25, 0.3) is 11.6 Å². The summed E-state index contributed by atoms with van der Waals surface area (Å²) in [6.07, 6.45) is 4.91. The van der Waals surface area contributed by atoms with Crippen LogP contribution >= 0.6 is 0 Å². The van der Waals surface area contributed by atoms with Crippen molar-refractivity contribution in [2.45, 2.75) is 18.9 Å². The van der Waals surface area contributed by atoms with Crippen molar-refractivity contribution in [2.75, 3.05) is 32.8 Å². The molecule has 2 heterocycles. The number of carbonyl (C=O) groups is 1. The molecule has 3 rings (SSSR count). The Hall–Kier alpha value is -3.14. The summed E-state index contributed by atoms with van der Waals surface area (Å²) in [6.45, 7) is 1.34. The third-order valence-corrected chi connectivity index (χ3v) is 4.37. The third-order valence-electron chi connectivity index (χ3n) is 4.37. The number of anilines is 1. The van der Waals surface area contributed by atoms with Gasteiger partial charge in [0, 0.05) is 25.5 Å². The standard InChI is InChI=1S/C17H20N4O6/c1-25-15-7-13(14(21(23)24)8-16(15)26-2)17(22)19-11-9-18-20(10-11)12-3-5-27-6-4-12/h7-10,12H,3-6H2,1-2H3,(H,19,22). The Morgan fingerprint density at radius 2 is 1.96 bits per heavy atom. The molecule has 0 saturated carbocycles. The van der Waals surface area contributed by atoms with E-state index < -0.39 is 10.8 Å². The molecule has 0 atom stereocenters. The molecule has 1 aromatic heterocycles. The molecule has 0 aliphatic carbocycles. The van der Waals surface area contributed by atoms with Gasteiger partial charge < -0.3 is 19.5 Å². The number of methoxy groups -OCH3 is 2. The molecule has 144 valence electrons. The molecule has 0 radical (unpaired) electrons. The molecule has 1 aliphatic heterocycles. The number of nitrogens with one attached hydrogen (secondary N) is 1. The highest BCUT2D eigenvalue weighted by molar-refractivity contribution is 6.07. The van der Waals surface area contributed by atoms with E-state index in [9.17, 15) is 14.9 Å². The maximum absolute atomic E-state index is 12.6. The van der Waals surface area contributed by atoms with Crippen LogP contribution in [0.2, 0.25) is 0 Å². The second kappa shape index (κ2) is 8.04. The molecule has 1 saturated heterocycles. The monoisotopic (exact) mass is 376 g/mol. The minimum absolute atomic E-state index is 0.128. The van der Waals surface area contributed by atoms with E-state index in [1.165, 1.54) is 32.5 Å². The highest BCUT2D eigenvalue weighted by Crippen LogP contribution is 2.34. The van der Waals surface area contributed by atoms with E-state index in [0.717, 1.165) is 12.8 Å². The fourth-order valence-corrected chi connectivity index (χ4v) is 2.95. The zero-order valence-electron chi connectivity index (χ0n) is 15.0. The summed E-state index contributed by atoms with van der Waals surface area (Å²) in [7, 11) is 2.76. The summed E-state index contributed by atoms with van der Waals surface area (Å²) < 4.78 is 17.3. The SMILES string of the molecule is COc1cc(C(=O)Nc2cnn(C3CCOCC3)c2)c([N+](=O)[O-])cc1OC. The second-order valence-corrected chi connectivity index (χ2v) is 5.99. The number of ether oxygens (including phenoxy) is 3. The molecule has 10 heteroatoms. The smallest absolute Gasteiger partial charge is 0.286 e. The largest absolute Gasteiger partial charge is 0.493 e. The van der Waals surface area contributed by atoms with Crippen molar-refractivity contribution in [1.82, 2.24) is 9.78 Å². The van der Waals surface area contributed by atoms with Gasteiger partial charge in [-0.2, -0.15) is 5.10 Å². The Bertz CT molecular complexity index is 844. The lowest BCUT2D eigenvalue weighted by molar-refractivity contribution is -0.385. The van der Waals surface area contributed by atoms with Crippen molar-refractivity contribution in [3.05, 3.63) is 40.2 Å². The van der Waals surface area contributed by atoms with Crippen LogP contribution in [0, 0.1) is 10.1 Å². The lowest BCUT2D eigenvalue weighted by Gasteiger charge is -2.22. The molecular formula is C17H20N4O6. The summed E-state index contributed by atoms with van der Waals surface area (Å²) in [5.41, 5.74) is -0.0472. The molecule has 1 fully saturated rings. The van der Waals surface area contributed by atoms with Crippen LogP contribution in [0.5, 0.6) is 11.5 Å². The number of aromatic nitrogens is 2. The third kappa shape index (κ3) is 4.00. The van der Waals surface area contributed by atoms with Crippen molar-refractivity contribution in [3.63, 3.8) is 0 Å². The van der Waals surface area contributed by atoms with Crippen LogP contribution in [-0.2, 0) is 4.74 Å². The van der Waals surface area contributed by atoms with E-state index in [2.05, 4.69) is 10.4 Å². The Balaban J connectivity index is 1.83. The van der Waals surface area contributed by atoms with Crippen LogP contribution in [0.1, 0.15) is 29.2 Å². The maximum Gasteiger partial charge on any atom is 0.286 e. The Morgan fingerprint density at radius 1 is 1.30 bits per heavy atom. The molecule has 10 nitrogen and oxygen atoms in total. The number of nitro benzene ring substituents is 1. The van der Waals surface area contributed by atoms with E-state index in [4.69, 9.17) is 14.2 Å². The minimum atomic E-state index is -0.637. The van der Waals surface area contributed by atoms with E-state index in [1.54, 1.807) is 10.9 Å². The zero-order chi connectivity index (χ0) is 19.4. The van der Waals surface area contributed by atoms with Crippen molar-refractivity contribution in [1.29, 1.82) is 0 Å².